The van der Waals surface area contributed by atoms with E-state index in [4.69, 9.17) is 0 Å². The number of carbonyl (C=O) groups is 2. The quantitative estimate of drug-likeness (QED) is 0.601. The van der Waals surface area contributed by atoms with Crippen LogP contribution in [-0.2, 0) is 14.3 Å². The van der Waals surface area contributed by atoms with Crippen molar-refractivity contribution >= 4 is 17.5 Å². The molecule has 2 rings (SSSR count). The van der Waals surface area contributed by atoms with E-state index >= 15 is 0 Å². The number of esters is 2. The minimum absolute atomic E-state index is 0.00133. The minimum Gasteiger partial charge on any atom is -0.406 e. The maximum absolute atomic E-state index is 11.9. The number of carbonyl (C=O) groups excluding carboxylic acids is 2. The number of cyclic esters (lactones) is 2. The van der Waals surface area contributed by atoms with Gasteiger partial charge < -0.3 is 9.47 Å². The zero-order valence-electron chi connectivity index (χ0n) is 8.65. The highest BCUT2D eigenvalue weighted by molar-refractivity contribution is 6.28. The molecule has 0 bridgehead atoms. The molecule has 0 aliphatic carbocycles. The van der Waals surface area contributed by atoms with Crippen molar-refractivity contribution in [2.45, 2.75) is 6.36 Å². The van der Waals surface area contributed by atoms with Crippen LogP contribution in [0.1, 0.15) is 5.56 Å². The molecule has 0 saturated heterocycles. The van der Waals surface area contributed by atoms with Crippen LogP contribution in [0.2, 0.25) is 0 Å². The van der Waals surface area contributed by atoms with Crippen LogP contribution >= 0.6 is 0 Å². The molecule has 1 aliphatic heterocycles. The number of alkyl halides is 3. The average Bonchev–Trinajstić information content (AvgIpc) is 2.57. The lowest BCUT2D eigenvalue weighted by Gasteiger charge is -2.08. The Morgan fingerprint density at radius 1 is 1.06 bits per heavy atom. The average molecular weight is 258 g/mol. The topological polar surface area (TPSA) is 52.6 Å². The molecule has 0 fully saturated rings. The SMILES string of the molecule is O=C1C=C(c2ccc(OC(F)(F)F)cc2)C(=O)O1. The molecule has 1 aromatic carbocycles. The first kappa shape index (κ1) is 12.2. The van der Waals surface area contributed by atoms with Crippen LogP contribution in [0.5, 0.6) is 5.75 Å². The van der Waals surface area contributed by atoms with Crippen molar-refractivity contribution in [2.75, 3.05) is 0 Å². The van der Waals surface area contributed by atoms with Gasteiger partial charge >= 0.3 is 18.3 Å². The number of ether oxygens (including phenoxy) is 2. The van der Waals surface area contributed by atoms with Gasteiger partial charge in [-0.15, -0.1) is 13.2 Å². The number of rotatable bonds is 2. The number of hydrogen-bond donors (Lipinski definition) is 0. The Bertz CT molecular complexity index is 528. The fourth-order valence-corrected chi connectivity index (χ4v) is 1.39. The Kier molecular flexibility index (Phi) is 2.82. The van der Waals surface area contributed by atoms with Crippen LogP contribution in [0.15, 0.2) is 30.3 Å². The normalized spacial score (nSPS) is 15.4. The number of halogens is 3. The van der Waals surface area contributed by atoms with E-state index in [0.717, 1.165) is 18.2 Å². The van der Waals surface area contributed by atoms with Gasteiger partial charge in [-0.2, -0.15) is 0 Å². The Morgan fingerprint density at radius 3 is 2.11 bits per heavy atom. The van der Waals surface area contributed by atoms with E-state index < -0.39 is 24.1 Å². The summed E-state index contributed by atoms with van der Waals surface area (Å²) in [6, 6.07) is 4.54. The van der Waals surface area contributed by atoms with E-state index in [1.54, 1.807) is 0 Å². The predicted octanol–water partition coefficient (Wildman–Crippen LogP) is 2.05. The van der Waals surface area contributed by atoms with E-state index in [1.807, 2.05) is 0 Å². The molecule has 4 nitrogen and oxygen atoms in total. The predicted molar refractivity (Wildman–Crippen MR) is 52.2 cm³/mol. The number of benzene rings is 1. The van der Waals surface area contributed by atoms with Crippen LogP contribution in [0.25, 0.3) is 5.57 Å². The van der Waals surface area contributed by atoms with Gasteiger partial charge in [0.05, 0.1) is 5.57 Å². The van der Waals surface area contributed by atoms with Crippen molar-refractivity contribution in [3.63, 3.8) is 0 Å². The van der Waals surface area contributed by atoms with E-state index in [0.29, 0.717) is 0 Å². The summed E-state index contributed by atoms with van der Waals surface area (Å²) < 4.78 is 43.6. The first-order valence-electron chi connectivity index (χ1n) is 4.69. The molecule has 0 unspecified atom stereocenters. The van der Waals surface area contributed by atoms with Crippen molar-refractivity contribution in [2.24, 2.45) is 0 Å². The third-order valence-electron chi connectivity index (χ3n) is 2.07. The smallest absolute Gasteiger partial charge is 0.406 e. The molecule has 1 aliphatic rings. The van der Waals surface area contributed by atoms with Crippen LogP contribution in [0, 0.1) is 0 Å². The van der Waals surface area contributed by atoms with Gasteiger partial charge in [-0.1, -0.05) is 12.1 Å². The standard InChI is InChI=1S/C11H5F3O4/c12-11(13,14)18-7-3-1-6(2-4-7)8-5-9(15)17-10(8)16/h1-5H. The van der Waals surface area contributed by atoms with Crippen molar-refractivity contribution in [3.05, 3.63) is 35.9 Å². The minimum atomic E-state index is -4.77. The van der Waals surface area contributed by atoms with Crippen molar-refractivity contribution in [1.29, 1.82) is 0 Å². The van der Waals surface area contributed by atoms with Crippen molar-refractivity contribution in [1.82, 2.24) is 0 Å². The third-order valence-corrected chi connectivity index (χ3v) is 2.07. The van der Waals surface area contributed by atoms with E-state index in [-0.39, 0.29) is 11.1 Å². The second-order valence-electron chi connectivity index (χ2n) is 3.34. The Hall–Kier alpha value is -2.31. The molecule has 94 valence electrons. The van der Waals surface area contributed by atoms with Gasteiger partial charge in [0, 0.05) is 6.08 Å². The summed E-state index contributed by atoms with van der Waals surface area (Å²) in [7, 11) is 0. The second-order valence-corrected chi connectivity index (χ2v) is 3.34. The molecule has 0 aromatic heterocycles. The summed E-state index contributed by atoms with van der Waals surface area (Å²) in [6.07, 6.45) is -3.80. The van der Waals surface area contributed by atoms with Crippen LogP contribution < -0.4 is 4.74 Å². The zero-order chi connectivity index (χ0) is 13.3. The second kappa shape index (κ2) is 4.17. The highest BCUT2D eigenvalue weighted by Crippen LogP contribution is 2.26. The largest absolute Gasteiger partial charge is 0.573 e. The van der Waals surface area contributed by atoms with Crippen LogP contribution in [0.4, 0.5) is 13.2 Å². The molecule has 0 atom stereocenters. The Morgan fingerprint density at radius 2 is 1.67 bits per heavy atom. The highest BCUT2D eigenvalue weighted by atomic mass is 19.4. The lowest BCUT2D eigenvalue weighted by atomic mass is 10.1. The van der Waals surface area contributed by atoms with Crippen LogP contribution in [0.3, 0.4) is 0 Å². The lowest BCUT2D eigenvalue weighted by molar-refractivity contribution is -0.274. The Balaban J connectivity index is 2.21. The molecule has 0 spiro atoms. The van der Waals surface area contributed by atoms with Gasteiger partial charge in [-0.05, 0) is 17.7 Å². The monoisotopic (exact) mass is 258 g/mol. The summed E-state index contributed by atoms with van der Waals surface area (Å²) in [4.78, 5) is 22.0. The fourth-order valence-electron chi connectivity index (χ4n) is 1.39. The summed E-state index contributed by atoms with van der Waals surface area (Å²) >= 11 is 0. The molecule has 0 saturated carbocycles. The van der Waals surface area contributed by atoms with E-state index in [1.165, 1.54) is 12.1 Å². The molecule has 0 radical (unpaired) electrons. The molecule has 1 aromatic rings. The summed E-state index contributed by atoms with van der Waals surface area (Å²) in [5, 5.41) is 0. The molecule has 7 heteroatoms. The van der Waals surface area contributed by atoms with Crippen molar-refractivity contribution in [3.8, 4) is 5.75 Å². The summed E-state index contributed by atoms with van der Waals surface area (Å²) in [6.45, 7) is 0. The van der Waals surface area contributed by atoms with Gasteiger partial charge in [0.2, 0.25) is 0 Å². The molecule has 0 N–H and O–H groups in total. The van der Waals surface area contributed by atoms with E-state index in [9.17, 15) is 22.8 Å². The maximum atomic E-state index is 11.9. The fraction of sp³-hybridized carbons (Fsp3) is 0.0909. The highest BCUT2D eigenvalue weighted by Gasteiger charge is 2.31. The van der Waals surface area contributed by atoms with Crippen molar-refractivity contribution < 1.29 is 32.2 Å². The maximum Gasteiger partial charge on any atom is 0.573 e. The first-order chi connectivity index (χ1) is 8.35. The van der Waals surface area contributed by atoms with Crippen LogP contribution in [-0.4, -0.2) is 18.3 Å². The third kappa shape index (κ3) is 2.68. The first-order valence-corrected chi connectivity index (χ1v) is 4.69. The van der Waals surface area contributed by atoms with Gasteiger partial charge in [0.1, 0.15) is 5.75 Å². The summed E-state index contributed by atoms with van der Waals surface area (Å²) in [5.41, 5.74) is 0.277. The zero-order valence-corrected chi connectivity index (χ0v) is 8.65. The molecular weight excluding hydrogens is 253 g/mol. The molecular formula is C11H5F3O4. The molecule has 18 heavy (non-hydrogen) atoms. The van der Waals surface area contributed by atoms with Gasteiger partial charge in [0.25, 0.3) is 0 Å². The van der Waals surface area contributed by atoms with Gasteiger partial charge in [-0.3, -0.25) is 0 Å². The van der Waals surface area contributed by atoms with Gasteiger partial charge in [0.15, 0.2) is 0 Å². The lowest BCUT2D eigenvalue weighted by Crippen LogP contribution is -2.17. The van der Waals surface area contributed by atoms with E-state index in [2.05, 4.69) is 9.47 Å². The molecule has 1 heterocycles. The summed E-state index contributed by atoms with van der Waals surface area (Å²) in [5.74, 6) is -2.04. The van der Waals surface area contributed by atoms with Gasteiger partial charge in [-0.25, -0.2) is 9.59 Å². The Labute approximate surface area is 98.6 Å². The number of hydrogen-bond acceptors (Lipinski definition) is 4. The molecule has 0 amide bonds.